The number of hydrogen-bond donors (Lipinski definition) is 1. The topological polar surface area (TPSA) is 37.3 Å². The van der Waals surface area contributed by atoms with Crippen molar-refractivity contribution in [1.29, 1.82) is 0 Å². The molecule has 0 aromatic carbocycles. The van der Waals surface area contributed by atoms with Gasteiger partial charge >= 0.3 is 0 Å². The Morgan fingerprint density at radius 1 is 1.73 bits per heavy atom. The molecule has 11 heavy (non-hydrogen) atoms. The SMILES string of the molecule is CC(O)[C@]1(C)SCCCS1=O. The Labute approximate surface area is 74.2 Å². The second kappa shape index (κ2) is 3.46. The van der Waals surface area contributed by atoms with E-state index in [-0.39, 0.29) is 0 Å². The molecule has 0 saturated carbocycles. The quantitative estimate of drug-likeness (QED) is 0.676. The number of thioether (sulfide) groups is 1. The Morgan fingerprint density at radius 2 is 2.36 bits per heavy atom. The monoisotopic (exact) mass is 194 g/mol. The minimum atomic E-state index is -0.861. The fraction of sp³-hybridized carbons (Fsp3) is 1.00. The van der Waals surface area contributed by atoms with Crippen LogP contribution in [-0.4, -0.2) is 31.0 Å². The zero-order valence-electron chi connectivity index (χ0n) is 6.87. The van der Waals surface area contributed by atoms with E-state index in [0.717, 1.165) is 17.9 Å². The second-order valence-corrected chi connectivity index (χ2v) is 6.69. The molecule has 1 fully saturated rings. The Balaban J connectivity index is 2.73. The molecular formula is C7H14O2S2. The average molecular weight is 194 g/mol. The molecule has 0 radical (unpaired) electrons. The lowest BCUT2D eigenvalue weighted by atomic mass is 10.3. The van der Waals surface area contributed by atoms with Crippen molar-refractivity contribution < 1.29 is 9.32 Å². The average Bonchev–Trinajstić information content (AvgIpc) is 1.95. The molecule has 1 N–H and O–H groups in total. The first-order valence-corrected chi connectivity index (χ1v) is 6.08. The summed E-state index contributed by atoms with van der Waals surface area (Å²) in [4.78, 5) is 0. The van der Waals surface area contributed by atoms with E-state index in [1.165, 1.54) is 0 Å². The molecule has 0 aromatic rings. The van der Waals surface area contributed by atoms with Gasteiger partial charge in [0.2, 0.25) is 0 Å². The van der Waals surface area contributed by atoms with Gasteiger partial charge in [-0.1, -0.05) is 0 Å². The highest BCUT2D eigenvalue weighted by molar-refractivity contribution is 8.13. The number of aliphatic hydroxyl groups is 1. The normalized spacial score (nSPS) is 41.9. The fourth-order valence-electron chi connectivity index (χ4n) is 1.04. The van der Waals surface area contributed by atoms with Crippen LogP contribution in [0.5, 0.6) is 0 Å². The standard InChI is InChI=1S/C7H14O2S2/c1-6(8)7(2)10-4-3-5-11(7)9/h6,8H,3-5H2,1-2H3/t6?,7-,11?/m1/s1. The molecule has 0 bridgehead atoms. The summed E-state index contributed by atoms with van der Waals surface area (Å²) < 4.78 is 11.1. The maximum absolute atomic E-state index is 11.5. The fourth-order valence-corrected chi connectivity index (χ4v) is 4.38. The third-order valence-electron chi connectivity index (χ3n) is 2.07. The lowest BCUT2D eigenvalue weighted by Gasteiger charge is -2.34. The van der Waals surface area contributed by atoms with E-state index in [4.69, 9.17) is 0 Å². The third-order valence-corrected chi connectivity index (χ3v) is 6.30. The zero-order valence-corrected chi connectivity index (χ0v) is 8.50. The summed E-state index contributed by atoms with van der Waals surface area (Å²) in [5, 5.41) is 9.39. The van der Waals surface area contributed by atoms with Crippen molar-refractivity contribution in [3.63, 3.8) is 0 Å². The lowest BCUT2D eigenvalue weighted by Crippen LogP contribution is -2.42. The van der Waals surface area contributed by atoms with Crippen molar-refractivity contribution in [1.82, 2.24) is 0 Å². The molecule has 66 valence electrons. The minimum absolute atomic E-state index is 0.418. The van der Waals surface area contributed by atoms with Gasteiger partial charge in [0.25, 0.3) is 0 Å². The Morgan fingerprint density at radius 3 is 2.73 bits per heavy atom. The molecule has 1 rings (SSSR count). The second-order valence-electron chi connectivity index (χ2n) is 2.94. The molecule has 2 nitrogen and oxygen atoms in total. The molecule has 0 spiro atoms. The van der Waals surface area contributed by atoms with Crippen LogP contribution in [0.25, 0.3) is 0 Å². The predicted octanol–water partition coefficient (Wildman–Crippen LogP) is 0.969. The van der Waals surface area contributed by atoms with Gasteiger partial charge in [-0.05, 0) is 26.0 Å². The Bertz CT molecular complexity index is 170. The van der Waals surface area contributed by atoms with Crippen molar-refractivity contribution >= 4 is 22.6 Å². The first-order valence-electron chi connectivity index (χ1n) is 3.78. The molecular weight excluding hydrogens is 180 g/mol. The van der Waals surface area contributed by atoms with Crippen molar-refractivity contribution in [3.8, 4) is 0 Å². The number of aliphatic hydroxyl groups excluding tert-OH is 1. The summed E-state index contributed by atoms with van der Waals surface area (Å²) >= 11 is 1.63. The van der Waals surface area contributed by atoms with Crippen LogP contribution in [0.3, 0.4) is 0 Å². The van der Waals surface area contributed by atoms with E-state index < -0.39 is 21.0 Å². The molecule has 4 heteroatoms. The molecule has 1 saturated heterocycles. The molecule has 0 aromatic heterocycles. The summed E-state index contributed by atoms with van der Waals surface area (Å²) in [5.74, 6) is 1.77. The molecule has 2 unspecified atom stereocenters. The van der Waals surface area contributed by atoms with Crippen LogP contribution in [0.2, 0.25) is 0 Å². The van der Waals surface area contributed by atoms with Crippen LogP contribution in [0, 0.1) is 0 Å². The summed E-state index contributed by atoms with van der Waals surface area (Å²) in [6.07, 6.45) is 0.535. The van der Waals surface area contributed by atoms with E-state index in [1.807, 2.05) is 6.92 Å². The van der Waals surface area contributed by atoms with Gasteiger partial charge in [0.15, 0.2) is 0 Å². The smallest absolute Gasteiger partial charge is 0.114 e. The largest absolute Gasteiger partial charge is 0.391 e. The van der Waals surface area contributed by atoms with E-state index in [2.05, 4.69) is 0 Å². The van der Waals surface area contributed by atoms with Crippen LogP contribution >= 0.6 is 11.8 Å². The summed E-state index contributed by atoms with van der Waals surface area (Å²) in [6.45, 7) is 3.60. The van der Waals surface area contributed by atoms with Crippen LogP contribution in [0.4, 0.5) is 0 Å². The van der Waals surface area contributed by atoms with E-state index >= 15 is 0 Å². The highest BCUT2D eigenvalue weighted by Gasteiger charge is 2.39. The highest BCUT2D eigenvalue weighted by Crippen LogP contribution is 2.36. The van der Waals surface area contributed by atoms with Gasteiger partial charge in [0.1, 0.15) is 4.08 Å². The van der Waals surface area contributed by atoms with Crippen molar-refractivity contribution in [2.75, 3.05) is 11.5 Å². The Hall–Kier alpha value is 0.460. The van der Waals surface area contributed by atoms with Gasteiger partial charge in [0, 0.05) is 16.6 Å². The summed E-state index contributed by atoms with van der Waals surface area (Å²) in [5.41, 5.74) is 0. The van der Waals surface area contributed by atoms with Crippen molar-refractivity contribution in [2.24, 2.45) is 0 Å². The maximum atomic E-state index is 11.5. The van der Waals surface area contributed by atoms with Crippen molar-refractivity contribution in [3.05, 3.63) is 0 Å². The van der Waals surface area contributed by atoms with Crippen LogP contribution in [-0.2, 0) is 10.8 Å². The van der Waals surface area contributed by atoms with Gasteiger partial charge < -0.3 is 5.11 Å². The van der Waals surface area contributed by atoms with Gasteiger partial charge in [-0.3, -0.25) is 4.21 Å². The lowest BCUT2D eigenvalue weighted by molar-refractivity contribution is 0.184. The van der Waals surface area contributed by atoms with Gasteiger partial charge in [0.05, 0.1) is 6.10 Å². The molecule has 1 heterocycles. The van der Waals surface area contributed by atoms with E-state index in [0.29, 0.717) is 0 Å². The van der Waals surface area contributed by atoms with Gasteiger partial charge in [-0.15, -0.1) is 11.8 Å². The Kier molecular flexibility index (Phi) is 3.00. The minimum Gasteiger partial charge on any atom is -0.391 e. The van der Waals surface area contributed by atoms with Crippen LogP contribution in [0.1, 0.15) is 20.3 Å². The van der Waals surface area contributed by atoms with E-state index in [1.54, 1.807) is 18.7 Å². The molecule has 1 aliphatic rings. The third kappa shape index (κ3) is 1.79. The van der Waals surface area contributed by atoms with Crippen LogP contribution in [0.15, 0.2) is 0 Å². The van der Waals surface area contributed by atoms with Gasteiger partial charge in [-0.25, -0.2) is 0 Å². The molecule has 1 aliphatic heterocycles. The zero-order chi connectivity index (χ0) is 8.48. The van der Waals surface area contributed by atoms with Gasteiger partial charge in [-0.2, -0.15) is 0 Å². The summed E-state index contributed by atoms with van der Waals surface area (Å²) in [6, 6.07) is 0. The first kappa shape index (κ1) is 9.55. The molecule has 0 aliphatic carbocycles. The van der Waals surface area contributed by atoms with E-state index in [9.17, 15) is 9.32 Å². The highest BCUT2D eigenvalue weighted by atomic mass is 32.2. The molecule has 3 atom stereocenters. The predicted molar refractivity (Wildman–Crippen MR) is 50.2 cm³/mol. The van der Waals surface area contributed by atoms with Crippen LogP contribution < -0.4 is 0 Å². The van der Waals surface area contributed by atoms with Crippen molar-refractivity contribution in [2.45, 2.75) is 30.5 Å². The molecule has 0 amide bonds. The number of hydrogen-bond acceptors (Lipinski definition) is 3. The number of rotatable bonds is 1. The first-order chi connectivity index (χ1) is 5.07. The summed E-state index contributed by atoms with van der Waals surface area (Å²) in [7, 11) is -0.861. The maximum Gasteiger partial charge on any atom is 0.114 e.